The van der Waals surface area contributed by atoms with Gasteiger partial charge in [-0.3, -0.25) is 0 Å². The van der Waals surface area contributed by atoms with Crippen molar-refractivity contribution in [2.45, 2.75) is 26.3 Å². The molecule has 1 atom stereocenters. The molecule has 3 N–H and O–H groups in total. The molecule has 2 amide bonds. The Morgan fingerprint density at radius 2 is 2.16 bits per heavy atom. The summed E-state index contributed by atoms with van der Waals surface area (Å²) in [4.78, 5) is 22.6. The number of carboxylic acid groups (broad SMARTS) is 1. The third-order valence-corrected chi connectivity index (χ3v) is 2.65. The quantitative estimate of drug-likeness (QED) is 0.726. The van der Waals surface area contributed by atoms with Gasteiger partial charge in [0.05, 0.1) is 11.6 Å². The van der Waals surface area contributed by atoms with Crippen molar-refractivity contribution in [1.29, 1.82) is 0 Å². The third-order valence-electron chi connectivity index (χ3n) is 2.65. The minimum Gasteiger partial charge on any atom is -0.478 e. The van der Waals surface area contributed by atoms with Gasteiger partial charge in [0.15, 0.2) is 0 Å². The van der Waals surface area contributed by atoms with E-state index in [1.807, 2.05) is 6.92 Å². The van der Waals surface area contributed by atoms with Crippen molar-refractivity contribution >= 4 is 17.7 Å². The molecule has 19 heavy (non-hydrogen) atoms. The Kier molecular flexibility index (Phi) is 4.95. The van der Waals surface area contributed by atoms with Gasteiger partial charge in [0.1, 0.15) is 0 Å². The van der Waals surface area contributed by atoms with Gasteiger partial charge in [-0.2, -0.15) is 0 Å². The van der Waals surface area contributed by atoms with E-state index >= 15 is 0 Å². The van der Waals surface area contributed by atoms with Crippen molar-refractivity contribution in [3.63, 3.8) is 0 Å². The molecule has 0 spiro atoms. The fourth-order valence-corrected chi connectivity index (χ4v) is 1.47. The number of carbonyl (C=O) groups is 2. The first-order valence-corrected chi connectivity index (χ1v) is 5.85. The van der Waals surface area contributed by atoms with Crippen LogP contribution in [0.25, 0.3) is 0 Å². The Morgan fingerprint density at radius 1 is 1.47 bits per heavy atom. The first-order chi connectivity index (χ1) is 8.97. The van der Waals surface area contributed by atoms with Gasteiger partial charge in [0, 0.05) is 5.69 Å². The van der Waals surface area contributed by atoms with Crippen molar-refractivity contribution in [1.82, 2.24) is 5.32 Å². The van der Waals surface area contributed by atoms with Crippen LogP contribution in [0.15, 0.2) is 18.2 Å². The van der Waals surface area contributed by atoms with E-state index in [0.717, 1.165) is 5.56 Å². The van der Waals surface area contributed by atoms with E-state index in [0.29, 0.717) is 12.1 Å². The van der Waals surface area contributed by atoms with Gasteiger partial charge in [0.2, 0.25) is 0 Å². The molecule has 0 radical (unpaired) electrons. The van der Waals surface area contributed by atoms with Crippen molar-refractivity contribution < 1.29 is 14.7 Å². The molecule has 1 rings (SSSR count). The van der Waals surface area contributed by atoms with Gasteiger partial charge < -0.3 is 15.7 Å². The summed E-state index contributed by atoms with van der Waals surface area (Å²) >= 11 is 0. The van der Waals surface area contributed by atoms with Crippen LogP contribution in [-0.2, 0) is 0 Å². The Balaban J connectivity index is 2.82. The van der Waals surface area contributed by atoms with Crippen LogP contribution in [0, 0.1) is 19.3 Å². The number of terminal acetylenes is 1. The minimum absolute atomic E-state index is 0.116. The van der Waals surface area contributed by atoms with Gasteiger partial charge >= 0.3 is 12.0 Å². The second-order valence-corrected chi connectivity index (χ2v) is 4.06. The van der Waals surface area contributed by atoms with Crippen molar-refractivity contribution in [2.75, 3.05) is 5.32 Å². The van der Waals surface area contributed by atoms with Crippen LogP contribution in [0.1, 0.15) is 29.3 Å². The van der Waals surface area contributed by atoms with Crippen molar-refractivity contribution in [3.8, 4) is 12.3 Å². The highest BCUT2D eigenvalue weighted by Crippen LogP contribution is 2.16. The second-order valence-electron chi connectivity index (χ2n) is 4.06. The van der Waals surface area contributed by atoms with E-state index < -0.39 is 12.0 Å². The lowest BCUT2D eigenvalue weighted by Gasteiger charge is -2.13. The predicted molar refractivity (Wildman–Crippen MR) is 73.2 cm³/mol. The number of carboxylic acids is 1. The molecule has 1 unspecified atom stereocenters. The number of urea groups is 1. The molecule has 0 heterocycles. The average molecular weight is 260 g/mol. The first kappa shape index (κ1) is 14.6. The van der Waals surface area contributed by atoms with Crippen molar-refractivity contribution in [3.05, 3.63) is 29.3 Å². The summed E-state index contributed by atoms with van der Waals surface area (Å²) in [6.07, 6.45) is 5.87. The topological polar surface area (TPSA) is 78.4 Å². The molecule has 0 aliphatic heterocycles. The lowest BCUT2D eigenvalue weighted by Crippen LogP contribution is -2.36. The summed E-state index contributed by atoms with van der Waals surface area (Å²) in [5.41, 5.74) is 1.34. The third kappa shape index (κ3) is 4.03. The van der Waals surface area contributed by atoms with Crippen LogP contribution >= 0.6 is 0 Å². The molecule has 0 saturated carbocycles. The molecule has 0 bridgehead atoms. The lowest BCUT2D eigenvalue weighted by molar-refractivity contribution is 0.0697. The number of amides is 2. The van der Waals surface area contributed by atoms with Crippen LogP contribution in [0.4, 0.5) is 10.5 Å². The van der Waals surface area contributed by atoms with Gasteiger partial charge in [-0.15, -0.1) is 6.42 Å². The summed E-state index contributed by atoms with van der Waals surface area (Å²) < 4.78 is 0. The Bertz CT molecular complexity index is 532. The zero-order chi connectivity index (χ0) is 14.4. The first-order valence-electron chi connectivity index (χ1n) is 5.85. The normalized spacial score (nSPS) is 11.2. The zero-order valence-corrected chi connectivity index (χ0v) is 10.9. The fourth-order valence-electron chi connectivity index (χ4n) is 1.47. The Hall–Kier alpha value is -2.48. The highest BCUT2D eigenvalue weighted by Gasteiger charge is 2.11. The number of rotatable bonds is 4. The van der Waals surface area contributed by atoms with Crippen LogP contribution in [0.3, 0.4) is 0 Å². The smallest absolute Gasteiger partial charge is 0.335 e. The SMILES string of the molecule is C#CC(CC)NC(=O)Nc1cc(C(=O)O)ccc1C. The molecule has 0 aromatic heterocycles. The summed E-state index contributed by atoms with van der Waals surface area (Å²) in [6.45, 7) is 3.64. The fraction of sp³-hybridized carbons (Fsp3) is 0.286. The number of hydrogen-bond acceptors (Lipinski definition) is 2. The maximum absolute atomic E-state index is 11.7. The van der Waals surface area contributed by atoms with Crippen molar-refractivity contribution in [2.24, 2.45) is 0 Å². The number of benzene rings is 1. The monoisotopic (exact) mass is 260 g/mol. The molecule has 5 nitrogen and oxygen atoms in total. The number of aromatic carboxylic acids is 1. The Labute approximate surface area is 112 Å². The molecule has 0 saturated heterocycles. The number of hydrogen-bond donors (Lipinski definition) is 3. The number of carbonyl (C=O) groups excluding carboxylic acids is 1. The van der Waals surface area contributed by atoms with Gasteiger partial charge in [-0.1, -0.05) is 18.9 Å². The van der Waals surface area contributed by atoms with E-state index in [2.05, 4.69) is 16.6 Å². The standard InChI is InChI=1S/C14H16N2O3/c1-4-11(5-2)15-14(19)16-12-8-10(13(17)18)7-6-9(12)3/h1,6-8,11H,5H2,2-3H3,(H,17,18)(H2,15,16,19). The Morgan fingerprint density at radius 3 is 2.68 bits per heavy atom. The highest BCUT2D eigenvalue weighted by molar-refractivity contribution is 5.94. The number of anilines is 1. The molecule has 0 aliphatic rings. The van der Waals surface area contributed by atoms with E-state index in [4.69, 9.17) is 11.5 Å². The summed E-state index contributed by atoms with van der Waals surface area (Å²) in [5.74, 6) is 1.40. The van der Waals surface area contributed by atoms with E-state index in [-0.39, 0.29) is 11.6 Å². The molecule has 100 valence electrons. The van der Waals surface area contributed by atoms with Gasteiger partial charge in [-0.25, -0.2) is 9.59 Å². The van der Waals surface area contributed by atoms with Crippen LogP contribution < -0.4 is 10.6 Å². The van der Waals surface area contributed by atoms with Crippen LogP contribution in [0.5, 0.6) is 0 Å². The molecule has 1 aromatic rings. The zero-order valence-electron chi connectivity index (χ0n) is 10.9. The maximum atomic E-state index is 11.7. The maximum Gasteiger partial charge on any atom is 0.335 e. The molecule has 1 aromatic carbocycles. The summed E-state index contributed by atoms with van der Waals surface area (Å²) in [7, 11) is 0. The summed E-state index contributed by atoms with van der Waals surface area (Å²) in [5, 5.41) is 14.1. The molecule has 0 aliphatic carbocycles. The lowest BCUT2D eigenvalue weighted by atomic mass is 10.1. The molecular formula is C14H16N2O3. The van der Waals surface area contributed by atoms with E-state index in [1.165, 1.54) is 12.1 Å². The predicted octanol–water partition coefficient (Wildman–Crippen LogP) is 2.23. The largest absolute Gasteiger partial charge is 0.478 e. The number of aryl methyl sites for hydroxylation is 1. The molecule has 5 heteroatoms. The van der Waals surface area contributed by atoms with Crippen LogP contribution in [-0.4, -0.2) is 23.1 Å². The highest BCUT2D eigenvalue weighted by atomic mass is 16.4. The number of nitrogens with one attached hydrogen (secondary N) is 2. The minimum atomic E-state index is -1.04. The second kappa shape index (κ2) is 6.45. The van der Waals surface area contributed by atoms with Crippen LogP contribution in [0.2, 0.25) is 0 Å². The van der Waals surface area contributed by atoms with Gasteiger partial charge in [0.25, 0.3) is 0 Å². The summed E-state index contributed by atoms with van der Waals surface area (Å²) in [6, 6.07) is 3.74. The van der Waals surface area contributed by atoms with E-state index in [9.17, 15) is 9.59 Å². The molecule has 0 fully saturated rings. The van der Waals surface area contributed by atoms with E-state index in [1.54, 1.807) is 13.0 Å². The van der Waals surface area contributed by atoms with Gasteiger partial charge in [-0.05, 0) is 31.0 Å². The average Bonchev–Trinajstić information content (AvgIpc) is 2.38. The molecular weight excluding hydrogens is 244 g/mol.